The number of rotatable bonds is 6. The molecule has 0 amide bonds. The smallest absolute Gasteiger partial charge is 0.373 e. The van der Waals surface area contributed by atoms with Gasteiger partial charge in [0.05, 0.1) is 18.6 Å². The zero-order valence-electron chi connectivity index (χ0n) is 15.3. The van der Waals surface area contributed by atoms with Crippen LogP contribution in [-0.2, 0) is 10.5 Å². The molecule has 0 spiro atoms. The van der Waals surface area contributed by atoms with Gasteiger partial charge in [-0.05, 0) is 42.5 Å². The van der Waals surface area contributed by atoms with E-state index in [0.29, 0.717) is 27.5 Å². The van der Waals surface area contributed by atoms with E-state index in [2.05, 4.69) is 19.9 Å². The Morgan fingerprint density at radius 1 is 1.21 bits per heavy atom. The number of hydrogen-bond acceptors (Lipinski definition) is 7. The van der Waals surface area contributed by atoms with Gasteiger partial charge in [0.25, 0.3) is 0 Å². The lowest BCUT2D eigenvalue weighted by Crippen LogP contribution is -2.00. The van der Waals surface area contributed by atoms with Crippen molar-refractivity contribution in [3.05, 3.63) is 77.5 Å². The van der Waals surface area contributed by atoms with Gasteiger partial charge < -0.3 is 9.15 Å². The number of thioether (sulfide) groups is 1. The Morgan fingerprint density at radius 2 is 2.10 bits per heavy atom. The number of halogens is 1. The van der Waals surface area contributed by atoms with Crippen molar-refractivity contribution in [1.82, 2.24) is 19.7 Å². The number of esters is 1. The second-order valence-electron chi connectivity index (χ2n) is 5.91. The number of furan rings is 1. The standard InChI is InChI=1S/C20H15ClN4O3S/c1-27-19(26)17-8-7-16(28-17)12-29-20-24-23-18(13-4-3-9-22-11-13)25(20)15-6-2-5-14(21)10-15/h2-11H,12H2,1H3. The Hall–Kier alpha value is -3.10. The molecule has 0 N–H and O–H groups in total. The van der Waals surface area contributed by atoms with Crippen molar-refractivity contribution in [2.75, 3.05) is 7.11 Å². The summed E-state index contributed by atoms with van der Waals surface area (Å²) in [4.78, 5) is 15.7. The molecule has 9 heteroatoms. The molecule has 0 aliphatic carbocycles. The van der Waals surface area contributed by atoms with Gasteiger partial charge in [-0.1, -0.05) is 29.4 Å². The van der Waals surface area contributed by atoms with E-state index >= 15 is 0 Å². The zero-order valence-corrected chi connectivity index (χ0v) is 16.9. The van der Waals surface area contributed by atoms with Crippen LogP contribution in [-0.4, -0.2) is 32.8 Å². The number of aromatic nitrogens is 4. The van der Waals surface area contributed by atoms with Crippen molar-refractivity contribution in [1.29, 1.82) is 0 Å². The highest BCUT2D eigenvalue weighted by atomic mass is 35.5. The fourth-order valence-corrected chi connectivity index (χ4v) is 3.73. The van der Waals surface area contributed by atoms with Crippen LogP contribution in [0.1, 0.15) is 16.3 Å². The fourth-order valence-electron chi connectivity index (χ4n) is 2.69. The molecule has 7 nitrogen and oxygen atoms in total. The molecule has 0 atom stereocenters. The molecule has 0 unspecified atom stereocenters. The van der Waals surface area contributed by atoms with Crippen molar-refractivity contribution in [3.8, 4) is 17.1 Å². The van der Waals surface area contributed by atoms with E-state index in [1.54, 1.807) is 24.5 Å². The molecule has 0 fully saturated rings. The first-order valence-corrected chi connectivity index (χ1v) is 9.93. The van der Waals surface area contributed by atoms with Gasteiger partial charge in [0.1, 0.15) is 5.76 Å². The van der Waals surface area contributed by atoms with Gasteiger partial charge >= 0.3 is 5.97 Å². The summed E-state index contributed by atoms with van der Waals surface area (Å²) in [5.41, 5.74) is 1.66. The van der Waals surface area contributed by atoms with E-state index in [4.69, 9.17) is 16.0 Å². The van der Waals surface area contributed by atoms with Gasteiger partial charge in [-0.3, -0.25) is 9.55 Å². The van der Waals surface area contributed by atoms with Gasteiger partial charge in [0.2, 0.25) is 5.76 Å². The maximum atomic E-state index is 11.6. The van der Waals surface area contributed by atoms with Crippen LogP contribution in [0.2, 0.25) is 5.02 Å². The third kappa shape index (κ3) is 4.18. The minimum absolute atomic E-state index is 0.162. The van der Waals surface area contributed by atoms with E-state index in [-0.39, 0.29) is 5.76 Å². The molecule has 0 saturated heterocycles. The predicted molar refractivity (Wildman–Crippen MR) is 109 cm³/mol. The molecular weight excluding hydrogens is 412 g/mol. The second-order valence-corrected chi connectivity index (χ2v) is 7.29. The molecule has 0 bridgehead atoms. The molecule has 3 aromatic heterocycles. The lowest BCUT2D eigenvalue weighted by atomic mass is 10.2. The fraction of sp³-hybridized carbons (Fsp3) is 0.100. The van der Waals surface area contributed by atoms with Crippen molar-refractivity contribution < 1.29 is 13.9 Å². The summed E-state index contributed by atoms with van der Waals surface area (Å²) < 4.78 is 12.1. The molecular formula is C20H15ClN4O3S. The number of methoxy groups -OCH3 is 1. The molecule has 29 heavy (non-hydrogen) atoms. The lowest BCUT2D eigenvalue weighted by molar-refractivity contribution is 0.0563. The number of benzene rings is 1. The zero-order chi connectivity index (χ0) is 20.2. The summed E-state index contributed by atoms with van der Waals surface area (Å²) >= 11 is 7.63. The van der Waals surface area contributed by atoms with Crippen molar-refractivity contribution in [2.24, 2.45) is 0 Å². The van der Waals surface area contributed by atoms with Crippen LogP contribution < -0.4 is 0 Å². The quantitative estimate of drug-likeness (QED) is 0.327. The van der Waals surface area contributed by atoms with Crippen LogP contribution in [0.25, 0.3) is 17.1 Å². The average molecular weight is 427 g/mol. The van der Waals surface area contributed by atoms with Gasteiger partial charge in [-0.2, -0.15) is 0 Å². The van der Waals surface area contributed by atoms with Gasteiger partial charge in [0.15, 0.2) is 11.0 Å². The topological polar surface area (TPSA) is 83.0 Å². The normalized spacial score (nSPS) is 10.8. The molecule has 0 aliphatic heterocycles. The molecule has 0 radical (unpaired) electrons. The Bertz CT molecular complexity index is 1140. The first kappa shape index (κ1) is 19.2. The van der Waals surface area contributed by atoms with E-state index in [1.807, 2.05) is 41.0 Å². The van der Waals surface area contributed by atoms with Gasteiger partial charge in [-0.15, -0.1) is 10.2 Å². The largest absolute Gasteiger partial charge is 0.463 e. The summed E-state index contributed by atoms with van der Waals surface area (Å²) in [6.45, 7) is 0. The van der Waals surface area contributed by atoms with E-state index in [0.717, 1.165) is 11.3 Å². The van der Waals surface area contributed by atoms with E-state index in [1.165, 1.54) is 18.9 Å². The number of ether oxygens (including phenoxy) is 1. The van der Waals surface area contributed by atoms with E-state index in [9.17, 15) is 4.79 Å². The minimum Gasteiger partial charge on any atom is -0.463 e. The average Bonchev–Trinajstić information content (AvgIpc) is 3.39. The van der Waals surface area contributed by atoms with Crippen molar-refractivity contribution in [3.63, 3.8) is 0 Å². The Morgan fingerprint density at radius 3 is 2.86 bits per heavy atom. The van der Waals surface area contributed by atoms with Crippen molar-refractivity contribution >= 4 is 29.3 Å². The highest BCUT2D eigenvalue weighted by Gasteiger charge is 2.18. The molecule has 1 aromatic carbocycles. The highest BCUT2D eigenvalue weighted by Crippen LogP contribution is 2.30. The summed E-state index contributed by atoms with van der Waals surface area (Å²) in [7, 11) is 1.31. The summed E-state index contributed by atoms with van der Waals surface area (Å²) in [6, 6.07) is 14.5. The molecule has 4 aromatic rings. The van der Waals surface area contributed by atoms with Crippen LogP contribution in [0.4, 0.5) is 0 Å². The SMILES string of the molecule is COC(=O)c1ccc(CSc2nnc(-c3cccnc3)n2-c2cccc(Cl)c2)o1. The maximum Gasteiger partial charge on any atom is 0.373 e. The van der Waals surface area contributed by atoms with Gasteiger partial charge in [-0.25, -0.2) is 4.79 Å². The summed E-state index contributed by atoms with van der Waals surface area (Å²) in [6.07, 6.45) is 3.43. The second kappa shape index (κ2) is 8.50. The number of carbonyl (C=O) groups is 1. The van der Waals surface area contributed by atoms with E-state index < -0.39 is 5.97 Å². The van der Waals surface area contributed by atoms with Crippen LogP contribution in [0.5, 0.6) is 0 Å². The third-order valence-electron chi connectivity index (χ3n) is 4.01. The first-order valence-electron chi connectivity index (χ1n) is 8.57. The Balaban J connectivity index is 1.67. The lowest BCUT2D eigenvalue weighted by Gasteiger charge is -2.10. The molecule has 4 rings (SSSR count). The number of nitrogens with zero attached hydrogens (tertiary/aromatic N) is 4. The first-order chi connectivity index (χ1) is 14.2. The minimum atomic E-state index is -0.512. The molecule has 146 valence electrons. The van der Waals surface area contributed by atoms with Gasteiger partial charge in [0, 0.05) is 23.0 Å². The Kier molecular flexibility index (Phi) is 5.64. The van der Waals surface area contributed by atoms with Crippen molar-refractivity contribution in [2.45, 2.75) is 10.9 Å². The molecule has 3 heterocycles. The monoisotopic (exact) mass is 426 g/mol. The highest BCUT2D eigenvalue weighted by molar-refractivity contribution is 7.98. The molecule has 0 aliphatic rings. The summed E-state index contributed by atoms with van der Waals surface area (Å²) in [5, 5.41) is 9.96. The number of hydrogen-bond donors (Lipinski definition) is 0. The maximum absolute atomic E-state index is 11.6. The summed E-state index contributed by atoms with van der Waals surface area (Å²) in [5.74, 6) is 1.39. The van der Waals surface area contributed by atoms with Crippen LogP contribution in [0.15, 0.2) is 70.5 Å². The Labute approximate surface area is 175 Å². The van der Waals surface area contributed by atoms with Crippen LogP contribution in [0.3, 0.4) is 0 Å². The number of pyridine rings is 1. The predicted octanol–water partition coefficient (Wildman–Crippen LogP) is 4.65. The van der Waals surface area contributed by atoms with Crippen LogP contribution >= 0.6 is 23.4 Å². The number of carbonyl (C=O) groups excluding carboxylic acids is 1. The van der Waals surface area contributed by atoms with Crippen LogP contribution in [0, 0.1) is 0 Å². The third-order valence-corrected chi connectivity index (χ3v) is 5.20. The molecule has 0 saturated carbocycles.